The summed E-state index contributed by atoms with van der Waals surface area (Å²) >= 11 is 0. The third-order valence-corrected chi connectivity index (χ3v) is 2.20. The van der Waals surface area contributed by atoms with Gasteiger partial charge in [-0.05, 0) is 31.0 Å². The number of aromatic hydroxyl groups is 1. The van der Waals surface area contributed by atoms with Crippen molar-refractivity contribution in [3.63, 3.8) is 0 Å². The predicted molar refractivity (Wildman–Crippen MR) is 47.9 cm³/mol. The van der Waals surface area contributed by atoms with E-state index < -0.39 is 0 Å². The van der Waals surface area contributed by atoms with Crippen molar-refractivity contribution >= 4 is 0 Å². The number of phenols is 1. The number of benzene rings is 1. The standard InChI is InChI=1S/C10H12FNO/c11-8-1-4-10(13)7(5-8)6-12-9-2-3-9/h1,4-5,9,12-13H,2-3,6H2. The van der Waals surface area contributed by atoms with Gasteiger partial charge in [-0.15, -0.1) is 0 Å². The molecule has 1 saturated carbocycles. The highest BCUT2D eigenvalue weighted by Gasteiger charge is 2.20. The molecule has 1 aliphatic carbocycles. The van der Waals surface area contributed by atoms with Crippen LogP contribution >= 0.6 is 0 Å². The molecule has 1 fully saturated rings. The number of phenolic OH excluding ortho intramolecular Hbond substituents is 1. The molecular formula is C10H12FNO. The maximum Gasteiger partial charge on any atom is 0.123 e. The minimum atomic E-state index is -0.301. The topological polar surface area (TPSA) is 32.3 Å². The molecule has 0 bridgehead atoms. The van der Waals surface area contributed by atoms with E-state index in [2.05, 4.69) is 5.32 Å². The molecule has 1 aliphatic rings. The average molecular weight is 181 g/mol. The van der Waals surface area contributed by atoms with Gasteiger partial charge >= 0.3 is 0 Å². The van der Waals surface area contributed by atoms with E-state index in [-0.39, 0.29) is 11.6 Å². The average Bonchev–Trinajstić information content (AvgIpc) is 2.90. The van der Waals surface area contributed by atoms with Gasteiger partial charge in [-0.3, -0.25) is 0 Å². The van der Waals surface area contributed by atoms with Gasteiger partial charge < -0.3 is 10.4 Å². The number of hydrogen-bond donors (Lipinski definition) is 2. The molecule has 2 nitrogen and oxygen atoms in total. The second-order valence-electron chi connectivity index (χ2n) is 3.43. The van der Waals surface area contributed by atoms with Crippen LogP contribution in [0.15, 0.2) is 18.2 Å². The van der Waals surface area contributed by atoms with Crippen LogP contribution in [-0.4, -0.2) is 11.1 Å². The number of rotatable bonds is 3. The Balaban J connectivity index is 2.03. The molecule has 1 aromatic carbocycles. The van der Waals surface area contributed by atoms with Gasteiger partial charge in [-0.2, -0.15) is 0 Å². The molecule has 0 amide bonds. The first kappa shape index (κ1) is 8.51. The number of hydrogen-bond acceptors (Lipinski definition) is 2. The van der Waals surface area contributed by atoms with Gasteiger partial charge in [0.05, 0.1) is 0 Å². The van der Waals surface area contributed by atoms with Gasteiger partial charge in [0.2, 0.25) is 0 Å². The van der Waals surface area contributed by atoms with E-state index >= 15 is 0 Å². The lowest BCUT2D eigenvalue weighted by molar-refractivity contribution is 0.461. The smallest absolute Gasteiger partial charge is 0.123 e. The van der Waals surface area contributed by atoms with E-state index in [9.17, 15) is 9.50 Å². The Kier molecular flexibility index (Phi) is 2.19. The minimum Gasteiger partial charge on any atom is -0.508 e. The molecular weight excluding hydrogens is 169 g/mol. The molecule has 2 N–H and O–H groups in total. The zero-order valence-electron chi connectivity index (χ0n) is 7.26. The molecule has 13 heavy (non-hydrogen) atoms. The maximum atomic E-state index is 12.7. The van der Waals surface area contributed by atoms with Crippen molar-refractivity contribution in [1.82, 2.24) is 5.32 Å². The van der Waals surface area contributed by atoms with Gasteiger partial charge in [0, 0.05) is 18.2 Å². The highest BCUT2D eigenvalue weighted by molar-refractivity contribution is 5.32. The Hall–Kier alpha value is -1.09. The Morgan fingerprint density at radius 3 is 2.92 bits per heavy atom. The lowest BCUT2D eigenvalue weighted by atomic mass is 10.2. The van der Waals surface area contributed by atoms with Gasteiger partial charge in [0.25, 0.3) is 0 Å². The van der Waals surface area contributed by atoms with Gasteiger partial charge in [0.1, 0.15) is 11.6 Å². The summed E-state index contributed by atoms with van der Waals surface area (Å²) in [7, 11) is 0. The quantitative estimate of drug-likeness (QED) is 0.745. The molecule has 0 spiro atoms. The fourth-order valence-corrected chi connectivity index (χ4v) is 1.24. The van der Waals surface area contributed by atoms with E-state index in [0.29, 0.717) is 18.2 Å². The predicted octanol–water partition coefficient (Wildman–Crippen LogP) is 1.78. The van der Waals surface area contributed by atoms with Crippen LogP contribution in [-0.2, 0) is 6.54 Å². The third-order valence-electron chi connectivity index (χ3n) is 2.20. The summed E-state index contributed by atoms with van der Waals surface area (Å²) in [6.45, 7) is 0.550. The molecule has 0 atom stereocenters. The monoisotopic (exact) mass is 181 g/mol. The zero-order chi connectivity index (χ0) is 9.26. The van der Waals surface area contributed by atoms with E-state index in [0.717, 1.165) is 0 Å². The molecule has 0 radical (unpaired) electrons. The van der Waals surface area contributed by atoms with Crippen LogP contribution in [0, 0.1) is 5.82 Å². The molecule has 70 valence electrons. The molecule has 0 heterocycles. The van der Waals surface area contributed by atoms with Gasteiger partial charge in [-0.1, -0.05) is 0 Å². The molecule has 0 aliphatic heterocycles. The molecule has 1 aromatic rings. The first-order valence-electron chi connectivity index (χ1n) is 4.46. The molecule has 3 heteroatoms. The summed E-state index contributed by atoms with van der Waals surface area (Å²) in [5.74, 6) is -0.139. The first-order chi connectivity index (χ1) is 6.25. The van der Waals surface area contributed by atoms with Crippen LogP contribution in [0.5, 0.6) is 5.75 Å². The third kappa shape index (κ3) is 2.18. The van der Waals surface area contributed by atoms with E-state index in [1.165, 1.54) is 31.0 Å². The van der Waals surface area contributed by atoms with Crippen molar-refractivity contribution in [2.45, 2.75) is 25.4 Å². The highest BCUT2D eigenvalue weighted by Crippen LogP contribution is 2.22. The van der Waals surface area contributed by atoms with Crippen molar-refractivity contribution in [3.8, 4) is 5.75 Å². The summed E-state index contributed by atoms with van der Waals surface area (Å²) in [6, 6.07) is 4.59. The molecule has 0 aromatic heterocycles. The fourth-order valence-electron chi connectivity index (χ4n) is 1.24. The van der Waals surface area contributed by atoms with Crippen molar-refractivity contribution in [1.29, 1.82) is 0 Å². The van der Waals surface area contributed by atoms with Crippen LogP contribution in [0.4, 0.5) is 4.39 Å². The zero-order valence-corrected chi connectivity index (χ0v) is 7.26. The van der Waals surface area contributed by atoms with Gasteiger partial charge in [-0.25, -0.2) is 4.39 Å². The van der Waals surface area contributed by atoms with E-state index in [1.807, 2.05) is 0 Å². The fraction of sp³-hybridized carbons (Fsp3) is 0.400. The first-order valence-corrected chi connectivity index (χ1v) is 4.46. The highest BCUT2D eigenvalue weighted by atomic mass is 19.1. The van der Waals surface area contributed by atoms with Crippen LogP contribution < -0.4 is 5.32 Å². The van der Waals surface area contributed by atoms with Crippen LogP contribution in [0.2, 0.25) is 0 Å². The number of halogens is 1. The van der Waals surface area contributed by atoms with Crippen LogP contribution in [0.25, 0.3) is 0 Å². The Labute approximate surface area is 76.4 Å². The SMILES string of the molecule is Oc1ccc(F)cc1CNC1CC1. The van der Waals surface area contributed by atoms with Crippen molar-refractivity contribution < 1.29 is 9.50 Å². The Bertz CT molecular complexity index is 310. The summed E-state index contributed by atoms with van der Waals surface area (Å²) in [5, 5.41) is 12.6. The molecule has 0 unspecified atom stereocenters. The summed E-state index contributed by atoms with van der Waals surface area (Å²) < 4.78 is 12.7. The number of nitrogens with one attached hydrogen (secondary N) is 1. The second kappa shape index (κ2) is 3.34. The maximum absolute atomic E-state index is 12.7. The molecule has 2 rings (SSSR count). The molecule has 0 saturated heterocycles. The summed E-state index contributed by atoms with van der Waals surface area (Å²) in [6.07, 6.45) is 2.38. The summed E-state index contributed by atoms with van der Waals surface area (Å²) in [5.41, 5.74) is 0.631. The largest absolute Gasteiger partial charge is 0.508 e. The Morgan fingerprint density at radius 2 is 2.23 bits per heavy atom. The minimum absolute atomic E-state index is 0.162. The van der Waals surface area contributed by atoms with Crippen LogP contribution in [0.1, 0.15) is 18.4 Å². The van der Waals surface area contributed by atoms with Crippen molar-refractivity contribution in [2.75, 3.05) is 0 Å². The second-order valence-corrected chi connectivity index (χ2v) is 3.43. The van der Waals surface area contributed by atoms with Gasteiger partial charge in [0.15, 0.2) is 0 Å². The Morgan fingerprint density at radius 1 is 1.46 bits per heavy atom. The van der Waals surface area contributed by atoms with Crippen molar-refractivity contribution in [2.24, 2.45) is 0 Å². The summed E-state index contributed by atoms with van der Waals surface area (Å²) in [4.78, 5) is 0. The lowest BCUT2D eigenvalue weighted by Gasteiger charge is -2.05. The normalized spacial score (nSPS) is 16.1. The lowest BCUT2D eigenvalue weighted by Crippen LogP contribution is -2.15. The van der Waals surface area contributed by atoms with E-state index in [1.54, 1.807) is 0 Å². The van der Waals surface area contributed by atoms with Crippen LogP contribution in [0.3, 0.4) is 0 Å². The van der Waals surface area contributed by atoms with Crippen molar-refractivity contribution in [3.05, 3.63) is 29.6 Å². The van der Waals surface area contributed by atoms with E-state index in [4.69, 9.17) is 0 Å².